The maximum atomic E-state index is 14.0. The van der Waals surface area contributed by atoms with Gasteiger partial charge in [-0.05, 0) is 69.5 Å². The zero-order chi connectivity index (χ0) is 23.4. The number of ether oxygens (including phenoxy) is 1. The van der Waals surface area contributed by atoms with Gasteiger partial charge in [0.05, 0.1) is 35.9 Å². The number of carbonyl (C=O) groups excluding carboxylic acids is 1. The zero-order valence-electron chi connectivity index (χ0n) is 20.4. The molecule has 1 atom stereocenters. The molecule has 3 aromatic rings. The van der Waals surface area contributed by atoms with E-state index >= 15 is 0 Å². The van der Waals surface area contributed by atoms with E-state index in [1.54, 1.807) is 7.11 Å². The highest BCUT2D eigenvalue weighted by molar-refractivity contribution is 5.96. The summed E-state index contributed by atoms with van der Waals surface area (Å²) in [5, 5.41) is 0. The number of para-hydroxylation sites is 3. The predicted octanol–water partition coefficient (Wildman–Crippen LogP) is 4.57. The van der Waals surface area contributed by atoms with Crippen molar-refractivity contribution >= 4 is 22.6 Å². The molecule has 1 aromatic heterocycles. The molecular weight excluding hydrogens is 412 g/mol. The number of amides is 1. The van der Waals surface area contributed by atoms with Crippen LogP contribution < -0.4 is 4.90 Å². The van der Waals surface area contributed by atoms with Crippen LogP contribution in [0, 0.1) is 6.92 Å². The second-order valence-electron chi connectivity index (χ2n) is 9.09. The van der Waals surface area contributed by atoms with E-state index in [9.17, 15) is 4.79 Å². The van der Waals surface area contributed by atoms with Gasteiger partial charge >= 0.3 is 0 Å². The highest BCUT2D eigenvalue weighted by Gasteiger charge is 2.27. The first-order valence-electron chi connectivity index (χ1n) is 12.1. The predicted molar refractivity (Wildman–Crippen MR) is 134 cm³/mol. The molecule has 2 aromatic carbocycles. The second kappa shape index (κ2) is 10.5. The Kier molecular flexibility index (Phi) is 7.46. The second-order valence-corrected chi connectivity index (χ2v) is 9.09. The number of anilines is 1. The van der Waals surface area contributed by atoms with Gasteiger partial charge in [-0.25, -0.2) is 4.98 Å². The molecule has 6 nitrogen and oxygen atoms in total. The standard InChI is InChI=1S/C27H36N4O2/c1-5-22-12-10-11-20(2)27(22)31(21(3)19-33-4)26(32)18-30-24-14-7-6-13-23(24)28-25(30)17-29-15-8-9-16-29/h6-7,10-14,21H,5,8-9,15-19H2,1-4H3/t21-/m0/s1. The van der Waals surface area contributed by atoms with Gasteiger partial charge in [-0.15, -0.1) is 0 Å². The van der Waals surface area contributed by atoms with Crippen LogP contribution in [-0.2, 0) is 29.0 Å². The fourth-order valence-corrected chi connectivity index (χ4v) is 5.03. The summed E-state index contributed by atoms with van der Waals surface area (Å²) in [7, 11) is 1.69. The number of benzene rings is 2. The van der Waals surface area contributed by atoms with Crippen molar-refractivity contribution in [3.8, 4) is 0 Å². The summed E-state index contributed by atoms with van der Waals surface area (Å²) in [6, 6.07) is 14.3. The molecule has 176 valence electrons. The summed E-state index contributed by atoms with van der Waals surface area (Å²) in [5.74, 6) is 1.03. The van der Waals surface area contributed by atoms with E-state index in [1.807, 2.05) is 23.1 Å². The number of aromatic nitrogens is 2. The van der Waals surface area contributed by atoms with Crippen LogP contribution in [0.5, 0.6) is 0 Å². The van der Waals surface area contributed by atoms with Crippen molar-refractivity contribution in [3.05, 3.63) is 59.4 Å². The zero-order valence-corrected chi connectivity index (χ0v) is 20.4. The van der Waals surface area contributed by atoms with Crippen LogP contribution in [0.2, 0.25) is 0 Å². The molecule has 0 saturated carbocycles. The van der Waals surface area contributed by atoms with Crippen molar-refractivity contribution in [1.29, 1.82) is 0 Å². The molecule has 1 aliphatic rings. The van der Waals surface area contributed by atoms with Crippen LogP contribution >= 0.6 is 0 Å². The Morgan fingerprint density at radius 2 is 1.91 bits per heavy atom. The monoisotopic (exact) mass is 448 g/mol. The quantitative estimate of drug-likeness (QED) is 0.481. The maximum Gasteiger partial charge on any atom is 0.247 e. The van der Waals surface area contributed by atoms with Gasteiger partial charge in [0.15, 0.2) is 0 Å². The van der Waals surface area contributed by atoms with Gasteiger partial charge in [0, 0.05) is 7.11 Å². The van der Waals surface area contributed by atoms with Gasteiger partial charge in [0.2, 0.25) is 5.91 Å². The smallest absolute Gasteiger partial charge is 0.247 e. The largest absolute Gasteiger partial charge is 0.383 e. The van der Waals surface area contributed by atoms with Crippen LogP contribution in [0.25, 0.3) is 11.0 Å². The maximum absolute atomic E-state index is 14.0. The fourth-order valence-electron chi connectivity index (χ4n) is 5.03. The lowest BCUT2D eigenvalue weighted by molar-refractivity contribution is -0.119. The summed E-state index contributed by atoms with van der Waals surface area (Å²) in [6.07, 6.45) is 3.33. The van der Waals surface area contributed by atoms with E-state index in [0.717, 1.165) is 54.2 Å². The van der Waals surface area contributed by atoms with Gasteiger partial charge in [-0.3, -0.25) is 9.69 Å². The lowest BCUT2D eigenvalue weighted by Gasteiger charge is -2.32. The van der Waals surface area contributed by atoms with Crippen molar-refractivity contribution in [2.45, 2.75) is 59.2 Å². The molecule has 0 unspecified atom stereocenters. The molecule has 4 rings (SSSR count). The average molecular weight is 449 g/mol. The van der Waals surface area contributed by atoms with Crippen molar-refractivity contribution in [3.63, 3.8) is 0 Å². The number of hydrogen-bond donors (Lipinski definition) is 0. The Morgan fingerprint density at radius 1 is 1.15 bits per heavy atom. The van der Waals surface area contributed by atoms with Gasteiger partial charge in [-0.1, -0.05) is 37.3 Å². The minimum atomic E-state index is -0.0780. The van der Waals surface area contributed by atoms with Crippen molar-refractivity contribution in [1.82, 2.24) is 14.5 Å². The van der Waals surface area contributed by atoms with Gasteiger partial charge in [0.25, 0.3) is 0 Å². The van der Waals surface area contributed by atoms with E-state index in [-0.39, 0.29) is 18.5 Å². The molecule has 0 N–H and O–H groups in total. The van der Waals surface area contributed by atoms with Gasteiger partial charge < -0.3 is 14.2 Å². The number of carbonyl (C=O) groups is 1. The van der Waals surface area contributed by atoms with Crippen LogP contribution in [0.3, 0.4) is 0 Å². The molecule has 0 spiro atoms. The third kappa shape index (κ3) is 4.97. The molecule has 2 heterocycles. The number of fused-ring (bicyclic) bond motifs is 1. The Balaban J connectivity index is 1.73. The van der Waals surface area contributed by atoms with Crippen LogP contribution in [0.4, 0.5) is 5.69 Å². The van der Waals surface area contributed by atoms with Gasteiger partial charge in [0.1, 0.15) is 12.4 Å². The lowest BCUT2D eigenvalue weighted by atomic mass is 10.0. The first-order valence-corrected chi connectivity index (χ1v) is 12.1. The topological polar surface area (TPSA) is 50.6 Å². The van der Waals surface area contributed by atoms with Crippen LogP contribution in [0.1, 0.15) is 43.6 Å². The first-order chi connectivity index (χ1) is 16.0. The van der Waals surface area contributed by atoms with E-state index in [0.29, 0.717) is 6.61 Å². The third-order valence-corrected chi connectivity index (χ3v) is 6.65. The first kappa shape index (κ1) is 23.5. The molecule has 33 heavy (non-hydrogen) atoms. The Morgan fingerprint density at radius 3 is 2.64 bits per heavy atom. The number of hydrogen-bond acceptors (Lipinski definition) is 4. The molecule has 0 aliphatic carbocycles. The normalized spacial score (nSPS) is 15.3. The van der Waals surface area contributed by atoms with E-state index in [4.69, 9.17) is 9.72 Å². The minimum absolute atomic E-state index is 0.0642. The highest BCUT2D eigenvalue weighted by Crippen LogP contribution is 2.29. The molecule has 0 radical (unpaired) electrons. The summed E-state index contributed by atoms with van der Waals surface area (Å²) in [6.45, 7) is 9.99. The molecule has 6 heteroatoms. The minimum Gasteiger partial charge on any atom is -0.383 e. The Labute approximate surface area is 197 Å². The highest BCUT2D eigenvalue weighted by atomic mass is 16.5. The van der Waals surface area contributed by atoms with Gasteiger partial charge in [-0.2, -0.15) is 0 Å². The van der Waals surface area contributed by atoms with E-state index in [2.05, 4.69) is 54.5 Å². The molecular formula is C27H36N4O2. The summed E-state index contributed by atoms with van der Waals surface area (Å²) >= 11 is 0. The molecule has 1 aliphatic heterocycles. The number of nitrogens with zero attached hydrogens (tertiary/aromatic N) is 4. The average Bonchev–Trinajstić information content (AvgIpc) is 3.44. The Hall–Kier alpha value is -2.70. The summed E-state index contributed by atoms with van der Waals surface area (Å²) in [4.78, 5) is 23.3. The van der Waals surface area contributed by atoms with E-state index < -0.39 is 0 Å². The summed E-state index contributed by atoms with van der Waals surface area (Å²) in [5.41, 5.74) is 5.26. The van der Waals surface area contributed by atoms with Crippen molar-refractivity contribution in [2.75, 3.05) is 31.7 Å². The van der Waals surface area contributed by atoms with Crippen LogP contribution in [-0.4, -0.2) is 53.2 Å². The number of aryl methyl sites for hydroxylation is 2. The van der Waals surface area contributed by atoms with Crippen molar-refractivity contribution < 1.29 is 9.53 Å². The Bertz CT molecular complexity index is 1100. The number of likely N-dealkylation sites (tertiary alicyclic amines) is 1. The summed E-state index contributed by atoms with van der Waals surface area (Å²) < 4.78 is 7.59. The molecule has 1 saturated heterocycles. The van der Waals surface area contributed by atoms with E-state index in [1.165, 1.54) is 18.4 Å². The lowest BCUT2D eigenvalue weighted by Crippen LogP contribution is -2.44. The number of imidazole rings is 1. The number of rotatable bonds is 9. The SMILES string of the molecule is CCc1cccc(C)c1N(C(=O)Cn1c(CN2CCCC2)nc2ccccc21)[C@@H](C)COC. The fraction of sp³-hybridized carbons (Fsp3) is 0.481. The van der Waals surface area contributed by atoms with Crippen LogP contribution in [0.15, 0.2) is 42.5 Å². The number of methoxy groups -OCH3 is 1. The molecule has 1 fully saturated rings. The third-order valence-electron chi connectivity index (χ3n) is 6.65. The van der Waals surface area contributed by atoms with Crippen molar-refractivity contribution in [2.24, 2.45) is 0 Å². The molecule has 1 amide bonds. The molecule has 0 bridgehead atoms.